The molecule has 2 aliphatic heterocycles. The molecule has 1 aromatic carbocycles. The molecule has 8 heteroatoms. The van der Waals surface area contributed by atoms with Crippen molar-refractivity contribution in [2.45, 2.75) is 6.42 Å². The molecular weight excluding hydrogens is 346 g/mol. The third kappa shape index (κ3) is 3.69. The van der Waals surface area contributed by atoms with Crippen molar-refractivity contribution in [1.29, 1.82) is 0 Å². The number of piperazine rings is 1. The molecule has 2 aromatic rings. The predicted molar refractivity (Wildman–Crippen MR) is 99.7 cm³/mol. The van der Waals surface area contributed by atoms with Gasteiger partial charge >= 0.3 is 0 Å². The Morgan fingerprint density at radius 1 is 1.04 bits per heavy atom. The highest BCUT2D eigenvalue weighted by molar-refractivity contribution is 5.98. The summed E-state index contributed by atoms with van der Waals surface area (Å²) in [6.07, 6.45) is 3.73. The maximum atomic E-state index is 12.6. The molecule has 1 saturated heterocycles. The number of rotatable bonds is 4. The number of para-hydroxylation sites is 2. The Bertz CT molecular complexity index is 821. The standard InChI is InChI=1S/C19H21N5O3/c25-17(22-10-12-23(13-11-22)19-20-7-3-8-21-19)6-9-24-15-4-1-2-5-16(15)27-14-18(24)26/h1-5,7-8H,6,9-14H2. The first kappa shape index (κ1) is 17.3. The summed E-state index contributed by atoms with van der Waals surface area (Å²) in [6, 6.07) is 9.19. The van der Waals surface area contributed by atoms with Gasteiger partial charge in [0.15, 0.2) is 6.61 Å². The van der Waals surface area contributed by atoms with E-state index in [-0.39, 0.29) is 18.4 Å². The summed E-state index contributed by atoms with van der Waals surface area (Å²) in [5.41, 5.74) is 0.729. The number of fused-ring (bicyclic) bond motifs is 1. The largest absolute Gasteiger partial charge is 0.482 e. The molecule has 1 fully saturated rings. The van der Waals surface area contributed by atoms with Gasteiger partial charge in [-0.3, -0.25) is 9.59 Å². The Kier molecular flexibility index (Phi) is 4.86. The van der Waals surface area contributed by atoms with Crippen LogP contribution in [0, 0.1) is 0 Å². The van der Waals surface area contributed by atoms with E-state index in [9.17, 15) is 9.59 Å². The third-order valence-corrected chi connectivity index (χ3v) is 4.82. The highest BCUT2D eigenvalue weighted by atomic mass is 16.5. The normalized spacial score (nSPS) is 16.7. The molecule has 2 aliphatic rings. The average molecular weight is 367 g/mol. The fourth-order valence-electron chi connectivity index (χ4n) is 3.38. The molecule has 0 bridgehead atoms. The van der Waals surface area contributed by atoms with Crippen LogP contribution in [0.2, 0.25) is 0 Å². The zero-order valence-electron chi connectivity index (χ0n) is 15.0. The van der Waals surface area contributed by atoms with E-state index in [0.717, 1.165) is 5.69 Å². The molecular formula is C19H21N5O3. The van der Waals surface area contributed by atoms with Crippen LogP contribution in [0.1, 0.15) is 6.42 Å². The maximum absolute atomic E-state index is 12.6. The quantitative estimate of drug-likeness (QED) is 0.800. The van der Waals surface area contributed by atoms with Crippen LogP contribution in [0.4, 0.5) is 11.6 Å². The second-order valence-corrected chi connectivity index (χ2v) is 6.47. The van der Waals surface area contributed by atoms with Crippen molar-refractivity contribution in [3.8, 4) is 5.75 Å². The van der Waals surface area contributed by atoms with E-state index in [0.29, 0.717) is 50.8 Å². The maximum Gasteiger partial charge on any atom is 0.265 e. The molecule has 0 N–H and O–H groups in total. The molecule has 0 aliphatic carbocycles. The fourth-order valence-corrected chi connectivity index (χ4v) is 3.38. The van der Waals surface area contributed by atoms with Gasteiger partial charge in [0.05, 0.1) is 5.69 Å². The first-order chi connectivity index (χ1) is 13.2. The molecule has 4 rings (SSSR count). The van der Waals surface area contributed by atoms with Gasteiger partial charge in [-0.2, -0.15) is 0 Å². The topological polar surface area (TPSA) is 78.9 Å². The number of hydrogen-bond acceptors (Lipinski definition) is 6. The van der Waals surface area contributed by atoms with Crippen LogP contribution in [0.5, 0.6) is 5.75 Å². The predicted octanol–water partition coefficient (Wildman–Crippen LogP) is 0.941. The summed E-state index contributed by atoms with van der Waals surface area (Å²) in [5.74, 6) is 1.31. The van der Waals surface area contributed by atoms with Gasteiger partial charge in [-0.1, -0.05) is 12.1 Å². The molecule has 0 saturated carbocycles. The van der Waals surface area contributed by atoms with Crippen LogP contribution in [0.3, 0.4) is 0 Å². The lowest BCUT2D eigenvalue weighted by Crippen LogP contribution is -2.50. The monoisotopic (exact) mass is 367 g/mol. The number of amides is 2. The summed E-state index contributed by atoms with van der Waals surface area (Å²) in [6.45, 7) is 3.04. The Labute approximate surface area is 157 Å². The Morgan fingerprint density at radius 3 is 2.56 bits per heavy atom. The van der Waals surface area contributed by atoms with E-state index in [1.165, 1.54) is 0 Å². The molecule has 0 radical (unpaired) electrons. The van der Waals surface area contributed by atoms with Gasteiger partial charge in [0, 0.05) is 51.5 Å². The number of hydrogen-bond donors (Lipinski definition) is 0. The number of aromatic nitrogens is 2. The van der Waals surface area contributed by atoms with Crippen LogP contribution >= 0.6 is 0 Å². The molecule has 0 spiro atoms. The number of nitrogens with zero attached hydrogens (tertiary/aromatic N) is 5. The van der Waals surface area contributed by atoms with E-state index in [1.54, 1.807) is 23.4 Å². The smallest absolute Gasteiger partial charge is 0.265 e. The second kappa shape index (κ2) is 7.61. The summed E-state index contributed by atoms with van der Waals surface area (Å²) in [4.78, 5) is 38.9. The van der Waals surface area contributed by atoms with Gasteiger partial charge in [0.1, 0.15) is 5.75 Å². The summed E-state index contributed by atoms with van der Waals surface area (Å²) >= 11 is 0. The molecule has 27 heavy (non-hydrogen) atoms. The molecule has 1 aromatic heterocycles. The zero-order valence-corrected chi connectivity index (χ0v) is 15.0. The van der Waals surface area contributed by atoms with Crippen molar-refractivity contribution in [1.82, 2.24) is 14.9 Å². The zero-order chi connectivity index (χ0) is 18.6. The lowest BCUT2D eigenvalue weighted by atomic mass is 10.2. The molecule has 8 nitrogen and oxygen atoms in total. The van der Waals surface area contributed by atoms with E-state index in [1.807, 2.05) is 29.2 Å². The van der Waals surface area contributed by atoms with Gasteiger partial charge in [-0.15, -0.1) is 0 Å². The molecule has 3 heterocycles. The summed E-state index contributed by atoms with van der Waals surface area (Å²) < 4.78 is 5.44. The minimum Gasteiger partial charge on any atom is -0.482 e. The van der Waals surface area contributed by atoms with Crippen molar-refractivity contribution >= 4 is 23.5 Å². The molecule has 140 valence electrons. The Hall–Kier alpha value is -3.16. The van der Waals surface area contributed by atoms with Gasteiger partial charge in [-0.25, -0.2) is 9.97 Å². The van der Waals surface area contributed by atoms with Gasteiger partial charge in [0.2, 0.25) is 11.9 Å². The van der Waals surface area contributed by atoms with E-state index >= 15 is 0 Å². The van der Waals surface area contributed by atoms with E-state index in [4.69, 9.17) is 4.74 Å². The minimum atomic E-state index is -0.118. The molecule has 0 atom stereocenters. The van der Waals surface area contributed by atoms with Crippen LogP contribution in [0.25, 0.3) is 0 Å². The van der Waals surface area contributed by atoms with Gasteiger partial charge < -0.3 is 19.4 Å². The lowest BCUT2D eigenvalue weighted by Gasteiger charge is -2.35. The number of benzene rings is 1. The number of anilines is 2. The van der Waals surface area contributed by atoms with E-state index < -0.39 is 0 Å². The fraction of sp³-hybridized carbons (Fsp3) is 0.368. The van der Waals surface area contributed by atoms with Crippen molar-refractivity contribution in [3.05, 3.63) is 42.7 Å². The van der Waals surface area contributed by atoms with Crippen LogP contribution in [-0.4, -0.2) is 66.0 Å². The van der Waals surface area contributed by atoms with Crippen molar-refractivity contribution in [2.24, 2.45) is 0 Å². The number of carbonyl (C=O) groups excluding carboxylic acids is 2. The Balaban J connectivity index is 1.32. The summed E-state index contributed by atoms with van der Waals surface area (Å²) in [7, 11) is 0. The highest BCUT2D eigenvalue weighted by Crippen LogP contribution is 2.31. The van der Waals surface area contributed by atoms with Crippen molar-refractivity contribution in [2.75, 3.05) is 49.1 Å². The SMILES string of the molecule is O=C(CCN1C(=O)COc2ccccc21)N1CCN(c2ncccn2)CC1. The molecule has 0 unspecified atom stereocenters. The number of carbonyl (C=O) groups is 2. The van der Waals surface area contributed by atoms with Gasteiger partial charge in [0.25, 0.3) is 5.91 Å². The second-order valence-electron chi connectivity index (χ2n) is 6.47. The van der Waals surface area contributed by atoms with Crippen LogP contribution < -0.4 is 14.5 Å². The summed E-state index contributed by atoms with van der Waals surface area (Å²) in [5, 5.41) is 0. The average Bonchev–Trinajstić information content (AvgIpc) is 2.73. The van der Waals surface area contributed by atoms with Crippen LogP contribution in [0.15, 0.2) is 42.7 Å². The van der Waals surface area contributed by atoms with Crippen LogP contribution in [-0.2, 0) is 9.59 Å². The number of ether oxygens (including phenoxy) is 1. The van der Waals surface area contributed by atoms with Crippen molar-refractivity contribution in [3.63, 3.8) is 0 Å². The van der Waals surface area contributed by atoms with Crippen molar-refractivity contribution < 1.29 is 14.3 Å². The van der Waals surface area contributed by atoms with Gasteiger partial charge in [-0.05, 0) is 18.2 Å². The first-order valence-electron chi connectivity index (χ1n) is 9.04. The Morgan fingerprint density at radius 2 is 1.78 bits per heavy atom. The lowest BCUT2D eigenvalue weighted by molar-refractivity contribution is -0.131. The third-order valence-electron chi connectivity index (χ3n) is 4.82. The first-order valence-corrected chi connectivity index (χ1v) is 9.04. The molecule has 2 amide bonds. The highest BCUT2D eigenvalue weighted by Gasteiger charge is 2.27. The minimum absolute atomic E-state index is 0.0148. The van der Waals surface area contributed by atoms with E-state index in [2.05, 4.69) is 14.9 Å².